The Morgan fingerprint density at radius 3 is 2.59 bits per heavy atom. The number of aromatic nitrogens is 2. The minimum Gasteiger partial charge on any atom is -0.493 e. The lowest BCUT2D eigenvalue weighted by Gasteiger charge is -2.25. The number of methoxy groups -OCH3 is 3. The second-order valence-corrected chi connectivity index (χ2v) is 6.56. The lowest BCUT2D eigenvalue weighted by Crippen LogP contribution is -2.25. The van der Waals surface area contributed by atoms with Crippen LogP contribution < -0.4 is 19.5 Å². The fourth-order valence-electron chi connectivity index (χ4n) is 3.68. The number of halogens is 1. The summed E-state index contributed by atoms with van der Waals surface area (Å²) < 4.78 is 31.8. The molecular weight excluding hydrogens is 377 g/mol. The van der Waals surface area contributed by atoms with Gasteiger partial charge >= 0.3 is 0 Å². The van der Waals surface area contributed by atoms with E-state index >= 15 is 0 Å². The number of benzene rings is 2. The number of carbonyl (C=O) groups is 1. The van der Waals surface area contributed by atoms with Gasteiger partial charge in [-0.3, -0.25) is 9.36 Å². The normalized spacial score (nSPS) is 15.4. The highest BCUT2D eigenvalue weighted by Gasteiger charge is 2.34. The molecule has 1 aromatic heterocycles. The van der Waals surface area contributed by atoms with Gasteiger partial charge in [0.25, 0.3) is 0 Å². The van der Waals surface area contributed by atoms with Crippen LogP contribution in [0.1, 0.15) is 23.6 Å². The second kappa shape index (κ2) is 7.46. The number of imidazole rings is 1. The molecule has 2 aromatic carbocycles. The fraction of sp³-hybridized carbons (Fsp3) is 0.238. The molecule has 7 nitrogen and oxygen atoms in total. The number of hydrogen-bond donors (Lipinski definition) is 1. The van der Waals surface area contributed by atoms with Gasteiger partial charge in [0, 0.05) is 17.9 Å². The van der Waals surface area contributed by atoms with Crippen LogP contribution in [-0.2, 0) is 4.79 Å². The number of fused-ring (bicyclic) bond motifs is 1. The molecule has 2 heterocycles. The summed E-state index contributed by atoms with van der Waals surface area (Å²) in [6.45, 7) is 0. The van der Waals surface area contributed by atoms with E-state index < -0.39 is 0 Å². The molecular formula is C21H20FN3O4. The van der Waals surface area contributed by atoms with Crippen molar-refractivity contribution in [2.24, 2.45) is 0 Å². The van der Waals surface area contributed by atoms with Crippen LogP contribution >= 0.6 is 0 Å². The molecule has 1 N–H and O–H groups in total. The number of nitrogens with one attached hydrogen (secondary N) is 1. The number of ether oxygens (including phenoxy) is 3. The average molecular weight is 397 g/mol. The predicted octanol–water partition coefficient (Wildman–Crippen LogP) is 3.51. The first-order valence-corrected chi connectivity index (χ1v) is 8.99. The van der Waals surface area contributed by atoms with E-state index in [1.54, 1.807) is 36.2 Å². The Bertz CT molecular complexity index is 1080. The summed E-state index contributed by atoms with van der Waals surface area (Å²) >= 11 is 0. The Morgan fingerprint density at radius 2 is 1.90 bits per heavy atom. The summed E-state index contributed by atoms with van der Waals surface area (Å²) in [6.07, 6.45) is 1.77. The van der Waals surface area contributed by atoms with E-state index in [9.17, 15) is 9.18 Å². The highest BCUT2D eigenvalue weighted by atomic mass is 19.1. The van der Waals surface area contributed by atoms with Crippen LogP contribution in [0.25, 0.3) is 5.69 Å². The summed E-state index contributed by atoms with van der Waals surface area (Å²) in [6, 6.07) is 9.71. The van der Waals surface area contributed by atoms with Crippen LogP contribution in [0.5, 0.6) is 17.2 Å². The molecule has 1 aliphatic rings. The zero-order valence-corrected chi connectivity index (χ0v) is 16.2. The number of amides is 1. The van der Waals surface area contributed by atoms with Gasteiger partial charge in [-0.25, -0.2) is 9.37 Å². The summed E-state index contributed by atoms with van der Waals surface area (Å²) in [5, 5.41) is 2.86. The third-order valence-electron chi connectivity index (χ3n) is 4.97. The van der Waals surface area contributed by atoms with Gasteiger partial charge in [-0.1, -0.05) is 12.1 Å². The second-order valence-electron chi connectivity index (χ2n) is 6.56. The molecule has 0 saturated carbocycles. The molecule has 0 fully saturated rings. The number of anilines is 1. The molecule has 3 aromatic rings. The molecule has 4 rings (SSSR count). The predicted molar refractivity (Wildman–Crippen MR) is 105 cm³/mol. The molecule has 1 amide bonds. The SMILES string of the molecule is COc1ccc([C@H]2CC(=O)Nc3c2ncn3-c2cccc(F)c2)c(OC)c1OC. The van der Waals surface area contributed by atoms with Gasteiger partial charge in [-0.15, -0.1) is 0 Å². The van der Waals surface area contributed by atoms with Gasteiger partial charge in [0.15, 0.2) is 11.5 Å². The van der Waals surface area contributed by atoms with Crippen LogP contribution in [0.2, 0.25) is 0 Å². The molecule has 1 atom stereocenters. The third-order valence-corrected chi connectivity index (χ3v) is 4.97. The molecule has 0 saturated heterocycles. The fourth-order valence-corrected chi connectivity index (χ4v) is 3.68. The largest absolute Gasteiger partial charge is 0.493 e. The maximum absolute atomic E-state index is 13.7. The Kier molecular flexibility index (Phi) is 4.84. The summed E-state index contributed by atoms with van der Waals surface area (Å²) in [7, 11) is 4.61. The van der Waals surface area contributed by atoms with E-state index in [4.69, 9.17) is 14.2 Å². The standard InChI is InChI=1S/C21H20FN3O4/c1-27-16-8-7-14(19(28-2)20(16)29-3)15-10-17(26)24-21-18(15)23-11-25(21)13-6-4-5-12(22)9-13/h4-9,11,15H,10H2,1-3H3,(H,24,26)/t15-/m1/s1. The van der Waals surface area contributed by atoms with Crippen LogP contribution in [-0.4, -0.2) is 36.8 Å². The molecule has 0 spiro atoms. The van der Waals surface area contributed by atoms with Crippen molar-refractivity contribution in [3.63, 3.8) is 0 Å². The van der Waals surface area contributed by atoms with Crippen LogP contribution in [0.15, 0.2) is 42.7 Å². The Labute approximate surface area is 167 Å². The minimum atomic E-state index is -0.370. The minimum absolute atomic E-state index is 0.169. The van der Waals surface area contributed by atoms with Gasteiger partial charge in [-0.2, -0.15) is 0 Å². The van der Waals surface area contributed by atoms with E-state index in [0.717, 1.165) is 5.56 Å². The van der Waals surface area contributed by atoms with Crippen molar-refractivity contribution in [1.82, 2.24) is 9.55 Å². The smallest absolute Gasteiger partial charge is 0.226 e. The maximum Gasteiger partial charge on any atom is 0.226 e. The Morgan fingerprint density at radius 1 is 1.10 bits per heavy atom. The van der Waals surface area contributed by atoms with E-state index in [1.165, 1.54) is 26.4 Å². The van der Waals surface area contributed by atoms with Gasteiger partial charge in [0.2, 0.25) is 11.7 Å². The monoisotopic (exact) mass is 397 g/mol. The quantitative estimate of drug-likeness (QED) is 0.713. The van der Waals surface area contributed by atoms with Crippen LogP contribution in [0.3, 0.4) is 0 Å². The van der Waals surface area contributed by atoms with Gasteiger partial charge in [-0.05, 0) is 24.3 Å². The molecule has 0 radical (unpaired) electrons. The molecule has 150 valence electrons. The molecule has 0 bridgehead atoms. The van der Waals surface area contributed by atoms with Gasteiger partial charge in [0.1, 0.15) is 18.0 Å². The summed E-state index contributed by atoms with van der Waals surface area (Å²) in [5.41, 5.74) is 1.99. The molecule has 8 heteroatoms. The number of nitrogens with zero attached hydrogens (tertiary/aromatic N) is 2. The molecule has 0 unspecified atom stereocenters. The number of hydrogen-bond acceptors (Lipinski definition) is 5. The summed E-state index contributed by atoms with van der Waals surface area (Å²) in [5.74, 6) is 1.07. The van der Waals surface area contributed by atoms with E-state index in [-0.39, 0.29) is 24.1 Å². The molecule has 1 aliphatic heterocycles. The average Bonchev–Trinajstić information content (AvgIpc) is 3.15. The van der Waals surface area contributed by atoms with Crippen molar-refractivity contribution < 1.29 is 23.4 Å². The maximum atomic E-state index is 13.7. The van der Waals surface area contributed by atoms with Crippen molar-refractivity contribution in [2.75, 3.05) is 26.6 Å². The zero-order chi connectivity index (χ0) is 20.5. The number of carbonyl (C=O) groups excluding carboxylic acids is 1. The van der Waals surface area contributed by atoms with Crippen molar-refractivity contribution >= 4 is 11.7 Å². The van der Waals surface area contributed by atoms with Crippen LogP contribution in [0, 0.1) is 5.82 Å². The lowest BCUT2D eigenvalue weighted by atomic mass is 9.88. The Balaban J connectivity index is 1.86. The van der Waals surface area contributed by atoms with E-state index in [1.807, 2.05) is 6.07 Å². The van der Waals surface area contributed by atoms with Crippen molar-refractivity contribution in [3.05, 3.63) is 59.8 Å². The van der Waals surface area contributed by atoms with Gasteiger partial charge < -0.3 is 19.5 Å². The van der Waals surface area contributed by atoms with Crippen molar-refractivity contribution in [3.8, 4) is 22.9 Å². The van der Waals surface area contributed by atoms with Crippen LogP contribution in [0.4, 0.5) is 10.2 Å². The van der Waals surface area contributed by atoms with Crippen molar-refractivity contribution in [2.45, 2.75) is 12.3 Å². The first kappa shape index (κ1) is 18.8. The highest BCUT2D eigenvalue weighted by molar-refractivity contribution is 5.94. The first-order valence-electron chi connectivity index (χ1n) is 8.99. The lowest BCUT2D eigenvalue weighted by molar-refractivity contribution is -0.116. The molecule has 0 aliphatic carbocycles. The van der Waals surface area contributed by atoms with Gasteiger partial charge in [0.05, 0.1) is 32.7 Å². The zero-order valence-electron chi connectivity index (χ0n) is 16.2. The van der Waals surface area contributed by atoms with E-state index in [0.29, 0.717) is 34.4 Å². The van der Waals surface area contributed by atoms with Crippen molar-refractivity contribution in [1.29, 1.82) is 0 Å². The highest BCUT2D eigenvalue weighted by Crippen LogP contribution is 2.47. The van der Waals surface area contributed by atoms with E-state index in [2.05, 4.69) is 10.3 Å². The topological polar surface area (TPSA) is 74.6 Å². The number of rotatable bonds is 5. The summed E-state index contributed by atoms with van der Waals surface area (Å²) in [4.78, 5) is 17.0. The third kappa shape index (κ3) is 3.16. The molecule has 29 heavy (non-hydrogen) atoms. The first-order chi connectivity index (χ1) is 14.1. The Hall–Kier alpha value is -3.55.